The van der Waals surface area contributed by atoms with Crippen LogP contribution in [0, 0.1) is 12.8 Å². The van der Waals surface area contributed by atoms with Crippen molar-refractivity contribution in [2.24, 2.45) is 5.92 Å². The molecule has 0 saturated heterocycles. The number of rotatable bonds is 11. The van der Waals surface area contributed by atoms with Crippen LogP contribution in [0.4, 0.5) is 0 Å². The van der Waals surface area contributed by atoms with Crippen LogP contribution < -0.4 is 15.8 Å². The molecule has 0 aliphatic rings. The van der Waals surface area contributed by atoms with Gasteiger partial charge in [0.1, 0.15) is 11.3 Å². The average molecular weight is 487 g/mol. The lowest BCUT2D eigenvalue weighted by Crippen LogP contribution is -2.32. The van der Waals surface area contributed by atoms with Gasteiger partial charge in [-0.05, 0) is 92.6 Å². The number of nitrogens with zero attached hydrogens (tertiary/aromatic N) is 1. The Morgan fingerprint density at radius 1 is 1.00 bits per heavy atom. The molecule has 36 heavy (non-hydrogen) atoms. The second-order valence-electron chi connectivity index (χ2n) is 8.99. The number of carbonyl (C=O) groups excluding carboxylic acids is 1. The van der Waals surface area contributed by atoms with Gasteiger partial charge in [0, 0.05) is 29.3 Å². The first kappa shape index (κ1) is 25.1. The molecule has 186 valence electrons. The Labute approximate surface area is 209 Å². The van der Waals surface area contributed by atoms with Crippen LogP contribution in [0.1, 0.15) is 35.1 Å². The zero-order chi connectivity index (χ0) is 25.3. The van der Waals surface area contributed by atoms with E-state index in [1.54, 1.807) is 30.0 Å². The summed E-state index contributed by atoms with van der Waals surface area (Å²) in [5.74, 6) is -0.426. The van der Waals surface area contributed by atoms with E-state index in [9.17, 15) is 14.8 Å². The highest BCUT2D eigenvalue weighted by Gasteiger charge is 2.21. The molecule has 0 radical (unpaired) electrons. The van der Waals surface area contributed by atoms with Crippen molar-refractivity contribution >= 4 is 16.9 Å². The van der Waals surface area contributed by atoms with Crippen molar-refractivity contribution in [1.29, 1.82) is 0 Å². The Balaban J connectivity index is 1.34. The molecule has 1 atom stereocenters. The number of pyridine rings is 1. The summed E-state index contributed by atoms with van der Waals surface area (Å²) in [7, 11) is 0. The smallest absolute Gasteiger partial charge is 0.339 e. The number of hydroxylamine groups is 1. The van der Waals surface area contributed by atoms with E-state index in [0.29, 0.717) is 24.2 Å². The van der Waals surface area contributed by atoms with Gasteiger partial charge in [0.25, 0.3) is 0 Å². The number of benzene rings is 2. The van der Waals surface area contributed by atoms with Crippen molar-refractivity contribution in [1.82, 2.24) is 10.5 Å². The molecule has 0 bridgehead atoms. The van der Waals surface area contributed by atoms with Crippen molar-refractivity contribution in [3.05, 3.63) is 106 Å². The number of nitrogens with one attached hydrogen (secondary N) is 1. The van der Waals surface area contributed by atoms with E-state index in [0.717, 1.165) is 41.5 Å². The van der Waals surface area contributed by atoms with E-state index in [2.05, 4.69) is 4.98 Å². The number of ether oxygens (including phenoxy) is 1. The summed E-state index contributed by atoms with van der Waals surface area (Å²) in [5, 5.41) is 10.1. The van der Waals surface area contributed by atoms with Crippen LogP contribution in [-0.2, 0) is 24.1 Å². The van der Waals surface area contributed by atoms with Crippen LogP contribution in [0.15, 0.2) is 82.3 Å². The Morgan fingerprint density at radius 2 is 1.78 bits per heavy atom. The average Bonchev–Trinajstić information content (AvgIpc) is 2.89. The summed E-state index contributed by atoms with van der Waals surface area (Å²) in [4.78, 5) is 28.9. The van der Waals surface area contributed by atoms with Gasteiger partial charge in [0.2, 0.25) is 5.91 Å². The van der Waals surface area contributed by atoms with Crippen LogP contribution in [0.5, 0.6) is 5.75 Å². The summed E-state index contributed by atoms with van der Waals surface area (Å²) in [6.45, 7) is 2.58. The lowest BCUT2D eigenvalue weighted by atomic mass is 9.92. The molecule has 1 unspecified atom stereocenters. The molecule has 0 fully saturated rings. The number of fused-ring (bicyclic) bond motifs is 1. The van der Waals surface area contributed by atoms with Crippen molar-refractivity contribution < 1.29 is 19.2 Å². The molecule has 7 heteroatoms. The van der Waals surface area contributed by atoms with Crippen molar-refractivity contribution in [2.75, 3.05) is 6.61 Å². The van der Waals surface area contributed by atoms with E-state index < -0.39 is 17.5 Å². The van der Waals surface area contributed by atoms with Crippen molar-refractivity contribution in [3.8, 4) is 5.75 Å². The predicted octanol–water partition coefficient (Wildman–Crippen LogP) is 4.80. The fourth-order valence-corrected chi connectivity index (χ4v) is 4.22. The molecular formula is C29H30N2O5. The Morgan fingerprint density at radius 3 is 2.53 bits per heavy atom. The number of aryl methyl sites for hydroxylation is 2. The SMILES string of the molecule is Cc1ccc2oc(=O)c(CC(Cc3ccc(OCCCCc4ccncc4)cc3)C(=O)NO)cc2c1. The van der Waals surface area contributed by atoms with Gasteiger partial charge in [-0.15, -0.1) is 0 Å². The van der Waals surface area contributed by atoms with E-state index in [-0.39, 0.29) is 6.42 Å². The molecule has 0 saturated carbocycles. The van der Waals surface area contributed by atoms with Gasteiger partial charge < -0.3 is 9.15 Å². The van der Waals surface area contributed by atoms with Gasteiger partial charge in [-0.2, -0.15) is 0 Å². The number of amides is 1. The van der Waals surface area contributed by atoms with Gasteiger partial charge in [-0.1, -0.05) is 23.8 Å². The Kier molecular flexibility index (Phi) is 8.47. The third-order valence-corrected chi connectivity index (χ3v) is 6.19. The maximum atomic E-state index is 12.5. The summed E-state index contributed by atoms with van der Waals surface area (Å²) < 4.78 is 11.3. The topological polar surface area (TPSA) is 102 Å². The quantitative estimate of drug-likeness (QED) is 0.137. The van der Waals surface area contributed by atoms with Crippen LogP contribution in [0.3, 0.4) is 0 Å². The van der Waals surface area contributed by atoms with Crippen molar-refractivity contribution in [2.45, 2.75) is 39.0 Å². The number of hydrogen-bond acceptors (Lipinski definition) is 6. The van der Waals surface area contributed by atoms with Gasteiger partial charge in [0.05, 0.1) is 6.61 Å². The monoisotopic (exact) mass is 486 g/mol. The minimum Gasteiger partial charge on any atom is -0.494 e. The Hall–Kier alpha value is -3.97. The molecule has 2 heterocycles. The van der Waals surface area contributed by atoms with Crippen LogP contribution >= 0.6 is 0 Å². The zero-order valence-electron chi connectivity index (χ0n) is 20.3. The summed E-state index contributed by atoms with van der Waals surface area (Å²) in [6.07, 6.45) is 7.07. The Bertz CT molecular complexity index is 1350. The minimum atomic E-state index is -0.639. The van der Waals surface area contributed by atoms with Crippen LogP contribution in [0.25, 0.3) is 11.0 Å². The first-order valence-corrected chi connectivity index (χ1v) is 12.1. The number of carbonyl (C=O) groups is 1. The summed E-state index contributed by atoms with van der Waals surface area (Å²) in [5.41, 5.74) is 5.37. The fourth-order valence-electron chi connectivity index (χ4n) is 4.22. The van der Waals surface area contributed by atoms with Gasteiger partial charge in [-0.25, -0.2) is 10.3 Å². The maximum Gasteiger partial charge on any atom is 0.339 e. The molecule has 2 aromatic carbocycles. The lowest BCUT2D eigenvalue weighted by Gasteiger charge is -2.15. The maximum absolute atomic E-state index is 12.5. The molecule has 2 N–H and O–H groups in total. The minimum absolute atomic E-state index is 0.147. The fraction of sp³-hybridized carbons (Fsp3) is 0.276. The molecule has 0 aliphatic carbocycles. The van der Waals surface area contributed by atoms with E-state index in [1.165, 1.54) is 5.56 Å². The molecule has 7 nitrogen and oxygen atoms in total. The van der Waals surface area contributed by atoms with Crippen molar-refractivity contribution in [3.63, 3.8) is 0 Å². The van der Waals surface area contributed by atoms with E-state index in [4.69, 9.17) is 9.15 Å². The largest absolute Gasteiger partial charge is 0.494 e. The highest BCUT2D eigenvalue weighted by Crippen LogP contribution is 2.21. The zero-order valence-corrected chi connectivity index (χ0v) is 20.3. The third-order valence-electron chi connectivity index (χ3n) is 6.19. The van der Waals surface area contributed by atoms with Crippen LogP contribution in [0.2, 0.25) is 0 Å². The first-order valence-electron chi connectivity index (χ1n) is 12.1. The van der Waals surface area contributed by atoms with Gasteiger partial charge >= 0.3 is 5.63 Å². The standard InChI is InChI=1S/C29H30N2O5/c1-20-5-10-27-23(16-20)18-25(29(33)36-27)19-24(28(32)31-34)17-22-6-8-26(9-7-22)35-15-3-2-4-21-11-13-30-14-12-21/h5-14,16,18,24,34H,2-4,15,17,19H2,1H3,(H,31,32). The molecular weight excluding hydrogens is 456 g/mol. The van der Waals surface area contributed by atoms with E-state index in [1.807, 2.05) is 55.5 Å². The second-order valence-corrected chi connectivity index (χ2v) is 8.99. The normalized spacial score (nSPS) is 11.8. The van der Waals surface area contributed by atoms with E-state index >= 15 is 0 Å². The summed E-state index contributed by atoms with van der Waals surface area (Å²) >= 11 is 0. The van der Waals surface area contributed by atoms with Gasteiger partial charge in [0.15, 0.2) is 0 Å². The molecule has 4 aromatic rings. The second kappa shape index (κ2) is 12.1. The number of aromatic nitrogens is 1. The predicted molar refractivity (Wildman–Crippen MR) is 137 cm³/mol. The molecule has 0 aliphatic heterocycles. The third kappa shape index (κ3) is 6.79. The lowest BCUT2D eigenvalue weighted by molar-refractivity contribution is -0.133. The number of hydrogen-bond donors (Lipinski definition) is 2. The molecule has 1 amide bonds. The highest BCUT2D eigenvalue weighted by atomic mass is 16.5. The van der Waals surface area contributed by atoms with Crippen LogP contribution in [-0.4, -0.2) is 22.7 Å². The molecule has 0 spiro atoms. The highest BCUT2D eigenvalue weighted by molar-refractivity contribution is 5.79. The first-order chi connectivity index (χ1) is 17.5. The number of unbranched alkanes of at least 4 members (excludes halogenated alkanes) is 1. The molecule has 2 aromatic heterocycles. The van der Waals surface area contributed by atoms with Gasteiger partial charge in [-0.3, -0.25) is 15.0 Å². The molecule has 4 rings (SSSR count). The summed E-state index contributed by atoms with van der Waals surface area (Å²) in [6, 6.07) is 18.9.